The molecule has 1 aliphatic heterocycles. The fourth-order valence-electron chi connectivity index (χ4n) is 2.57. The van der Waals surface area contributed by atoms with Gasteiger partial charge in [0.25, 0.3) is 0 Å². The van der Waals surface area contributed by atoms with Crippen LogP contribution in [0.15, 0.2) is 0 Å². The SMILES string of the molecule is CNC(=O)NC(=O)CN1CCCC(C(C)CC(=O)O)C1. The number of carbonyl (C=O) groups is 3. The standard InChI is InChI=1S/C13H23N3O4/c1-9(6-12(18)19)10-4-3-5-16(7-10)8-11(17)15-13(20)14-2/h9-10H,3-8H2,1-2H3,(H,18,19)(H2,14,15,17,20). The number of carbonyl (C=O) groups excluding carboxylic acids is 2. The van der Waals surface area contributed by atoms with Crippen LogP contribution >= 0.6 is 0 Å². The van der Waals surface area contributed by atoms with E-state index in [1.807, 2.05) is 11.8 Å². The molecule has 0 saturated carbocycles. The van der Waals surface area contributed by atoms with Crippen LogP contribution in [0.3, 0.4) is 0 Å². The van der Waals surface area contributed by atoms with E-state index in [0.29, 0.717) is 6.54 Å². The molecule has 1 saturated heterocycles. The number of amides is 3. The molecule has 1 fully saturated rings. The molecule has 0 radical (unpaired) electrons. The Morgan fingerprint density at radius 3 is 2.70 bits per heavy atom. The topological polar surface area (TPSA) is 98.7 Å². The molecule has 3 amide bonds. The Hall–Kier alpha value is -1.63. The molecule has 7 nitrogen and oxygen atoms in total. The van der Waals surface area contributed by atoms with Crippen LogP contribution in [0.25, 0.3) is 0 Å². The van der Waals surface area contributed by atoms with Crippen LogP contribution in [0.5, 0.6) is 0 Å². The van der Waals surface area contributed by atoms with Gasteiger partial charge in [-0.25, -0.2) is 4.79 Å². The van der Waals surface area contributed by atoms with Crippen molar-refractivity contribution in [2.75, 3.05) is 26.7 Å². The third-order valence-corrected chi connectivity index (χ3v) is 3.69. The summed E-state index contributed by atoms with van der Waals surface area (Å²) in [6.45, 7) is 3.61. The minimum Gasteiger partial charge on any atom is -0.481 e. The second-order valence-corrected chi connectivity index (χ2v) is 5.34. The van der Waals surface area contributed by atoms with Crippen LogP contribution in [-0.2, 0) is 9.59 Å². The van der Waals surface area contributed by atoms with E-state index in [1.54, 1.807) is 0 Å². The molecule has 1 heterocycles. The Kier molecular flexibility index (Phi) is 6.44. The van der Waals surface area contributed by atoms with Crippen LogP contribution in [0.1, 0.15) is 26.2 Å². The molecule has 0 aromatic rings. The molecular weight excluding hydrogens is 262 g/mol. The second-order valence-electron chi connectivity index (χ2n) is 5.34. The summed E-state index contributed by atoms with van der Waals surface area (Å²) in [7, 11) is 1.45. The van der Waals surface area contributed by atoms with E-state index in [2.05, 4.69) is 10.6 Å². The van der Waals surface area contributed by atoms with Gasteiger partial charge in [-0.15, -0.1) is 0 Å². The molecule has 2 atom stereocenters. The first kappa shape index (κ1) is 16.4. The number of hydrogen-bond acceptors (Lipinski definition) is 4. The molecule has 0 spiro atoms. The second kappa shape index (κ2) is 7.84. The van der Waals surface area contributed by atoms with Crippen molar-refractivity contribution in [3.63, 3.8) is 0 Å². The molecular formula is C13H23N3O4. The highest BCUT2D eigenvalue weighted by Crippen LogP contribution is 2.25. The van der Waals surface area contributed by atoms with Crippen molar-refractivity contribution in [1.29, 1.82) is 0 Å². The summed E-state index contributed by atoms with van der Waals surface area (Å²) >= 11 is 0. The fourth-order valence-corrected chi connectivity index (χ4v) is 2.57. The maximum absolute atomic E-state index is 11.6. The lowest BCUT2D eigenvalue weighted by Gasteiger charge is -2.34. The summed E-state index contributed by atoms with van der Waals surface area (Å²) in [6.07, 6.45) is 2.09. The Balaban J connectivity index is 2.42. The van der Waals surface area contributed by atoms with Crippen LogP contribution in [0.2, 0.25) is 0 Å². The number of urea groups is 1. The van der Waals surface area contributed by atoms with Gasteiger partial charge in [0.2, 0.25) is 5.91 Å². The van der Waals surface area contributed by atoms with Crippen molar-refractivity contribution in [2.24, 2.45) is 11.8 Å². The van der Waals surface area contributed by atoms with Crippen molar-refractivity contribution >= 4 is 17.9 Å². The molecule has 2 unspecified atom stereocenters. The number of nitrogens with one attached hydrogen (secondary N) is 2. The highest BCUT2D eigenvalue weighted by molar-refractivity contribution is 5.95. The van der Waals surface area contributed by atoms with Gasteiger partial charge < -0.3 is 10.4 Å². The number of carboxylic acid groups (broad SMARTS) is 1. The van der Waals surface area contributed by atoms with Gasteiger partial charge in [-0.1, -0.05) is 6.92 Å². The quantitative estimate of drug-likeness (QED) is 0.673. The Bertz CT molecular complexity index is 373. The Labute approximate surface area is 118 Å². The number of nitrogens with zero attached hydrogens (tertiary/aromatic N) is 1. The van der Waals surface area contributed by atoms with Crippen LogP contribution in [-0.4, -0.2) is 54.6 Å². The van der Waals surface area contributed by atoms with Gasteiger partial charge in [0.15, 0.2) is 0 Å². The van der Waals surface area contributed by atoms with Crippen molar-refractivity contribution < 1.29 is 19.5 Å². The normalized spacial score (nSPS) is 21.0. The highest BCUT2D eigenvalue weighted by atomic mass is 16.4. The number of aliphatic carboxylic acids is 1. The van der Waals surface area contributed by atoms with E-state index in [4.69, 9.17) is 5.11 Å². The molecule has 1 aliphatic rings. The summed E-state index contributed by atoms with van der Waals surface area (Å²) in [4.78, 5) is 35.4. The van der Waals surface area contributed by atoms with Gasteiger partial charge in [0.1, 0.15) is 0 Å². The average molecular weight is 285 g/mol. The lowest BCUT2D eigenvalue weighted by molar-refractivity contribution is -0.138. The average Bonchev–Trinajstić information content (AvgIpc) is 2.37. The van der Waals surface area contributed by atoms with Gasteiger partial charge in [-0.3, -0.25) is 19.8 Å². The number of imide groups is 1. The zero-order valence-electron chi connectivity index (χ0n) is 12.0. The van der Waals surface area contributed by atoms with E-state index >= 15 is 0 Å². The van der Waals surface area contributed by atoms with Crippen molar-refractivity contribution in [2.45, 2.75) is 26.2 Å². The van der Waals surface area contributed by atoms with E-state index in [9.17, 15) is 14.4 Å². The molecule has 7 heteroatoms. The summed E-state index contributed by atoms with van der Waals surface area (Å²) in [5.41, 5.74) is 0. The maximum Gasteiger partial charge on any atom is 0.321 e. The van der Waals surface area contributed by atoms with E-state index < -0.39 is 12.0 Å². The molecule has 20 heavy (non-hydrogen) atoms. The predicted molar refractivity (Wildman–Crippen MR) is 73.2 cm³/mol. The van der Waals surface area contributed by atoms with Gasteiger partial charge in [0, 0.05) is 20.0 Å². The van der Waals surface area contributed by atoms with Crippen molar-refractivity contribution in [1.82, 2.24) is 15.5 Å². The van der Waals surface area contributed by atoms with E-state index in [0.717, 1.165) is 19.4 Å². The van der Waals surface area contributed by atoms with E-state index in [-0.39, 0.29) is 30.7 Å². The number of rotatable bonds is 5. The van der Waals surface area contributed by atoms with Gasteiger partial charge >= 0.3 is 12.0 Å². The van der Waals surface area contributed by atoms with Gasteiger partial charge in [0.05, 0.1) is 6.54 Å². The van der Waals surface area contributed by atoms with Gasteiger partial charge in [-0.2, -0.15) is 0 Å². The third-order valence-electron chi connectivity index (χ3n) is 3.69. The minimum absolute atomic E-state index is 0.0947. The van der Waals surface area contributed by atoms with Crippen molar-refractivity contribution in [3.05, 3.63) is 0 Å². The Morgan fingerprint density at radius 1 is 1.40 bits per heavy atom. The van der Waals surface area contributed by atoms with Crippen LogP contribution in [0, 0.1) is 11.8 Å². The summed E-state index contributed by atoms with van der Waals surface area (Å²) < 4.78 is 0. The predicted octanol–water partition coefficient (Wildman–Crippen LogP) is 0.265. The largest absolute Gasteiger partial charge is 0.481 e. The minimum atomic E-state index is -0.785. The zero-order chi connectivity index (χ0) is 15.1. The van der Waals surface area contributed by atoms with Crippen LogP contribution in [0.4, 0.5) is 4.79 Å². The maximum atomic E-state index is 11.6. The molecule has 3 N–H and O–H groups in total. The third kappa shape index (κ3) is 5.56. The molecule has 0 aromatic carbocycles. The van der Waals surface area contributed by atoms with E-state index in [1.165, 1.54) is 7.05 Å². The lowest BCUT2D eigenvalue weighted by atomic mass is 9.84. The molecule has 0 bridgehead atoms. The molecule has 0 aliphatic carbocycles. The Morgan fingerprint density at radius 2 is 2.10 bits per heavy atom. The first-order valence-electron chi connectivity index (χ1n) is 6.88. The summed E-state index contributed by atoms with van der Waals surface area (Å²) in [6, 6.07) is -0.511. The molecule has 0 aromatic heterocycles. The summed E-state index contributed by atoms with van der Waals surface area (Å²) in [5.74, 6) is -0.743. The number of piperidine rings is 1. The molecule has 114 valence electrons. The molecule has 1 rings (SSSR count). The smallest absolute Gasteiger partial charge is 0.321 e. The first-order valence-corrected chi connectivity index (χ1v) is 6.88. The zero-order valence-corrected chi connectivity index (χ0v) is 12.0. The fraction of sp³-hybridized carbons (Fsp3) is 0.769. The van der Waals surface area contributed by atoms with Crippen molar-refractivity contribution in [3.8, 4) is 0 Å². The van der Waals surface area contributed by atoms with Crippen LogP contribution < -0.4 is 10.6 Å². The monoisotopic (exact) mass is 285 g/mol. The number of hydrogen-bond donors (Lipinski definition) is 3. The number of carboxylic acids is 1. The van der Waals surface area contributed by atoms with Gasteiger partial charge in [-0.05, 0) is 31.2 Å². The lowest BCUT2D eigenvalue weighted by Crippen LogP contribution is -2.46. The number of likely N-dealkylation sites (tertiary alicyclic amines) is 1. The highest BCUT2D eigenvalue weighted by Gasteiger charge is 2.27. The first-order chi connectivity index (χ1) is 9.42. The summed E-state index contributed by atoms with van der Waals surface area (Å²) in [5, 5.41) is 13.4.